The van der Waals surface area contributed by atoms with E-state index in [9.17, 15) is 0 Å². The first kappa shape index (κ1) is 24.7. The van der Waals surface area contributed by atoms with Crippen LogP contribution in [0.5, 0.6) is 11.5 Å². The van der Waals surface area contributed by atoms with Gasteiger partial charge >= 0.3 is 0 Å². The number of aromatic nitrogens is 2. The highest BCUT2D eigenvalue weighted by Crippen LogP contribution is 2.36. The maximum absolute atomic E-state index is 6.25. The molecule has 0 spiro atoms. The summed E-state index contributed by atoms with van der Waals surface area (Å²) in [5, 5.41) is 0. The first-order chi connectivity index (χ1) is 16.5. The van der Waals surface area contributed by atoms with Gasteiger partial charge in [-0.1, -0.05) is 18.9 Å². The zero-order chi connectivity index (χ0) is 24.1. The minimum Gasteiger partial charge on any atom is -0.496 e. The average molecular weight is 484 g/mol. The topological polar surface area (TPSA) is 45.5 Å². The minimum atomic E-state index is 0.652. The maximum Gasteiger partial charge on any atom is 0.139 e. The fraction of sp³-hybridized carbons (Fsp3) is 0.500. The lowest BCUT2D eigenvalue weighted by Gasteiger charge is -2.34. The van der Waals surface area contributed by atoms with Crippen molar-refractivity contribution in [1.82, 2.24) is 18.6 Å². The van der Waals surface area contributed by atoms with Gasteiger partial charge in [0, 0.05) is 68.5 Å². The Morgan fingerprint density at radius 2 is 1.88 bits per heavy atom. The standard InChI is InChI=1S/C26H37N5O2S/c1-6-20-16-22(25(18-24(20)32-4)33-15-7-9-28(2)3)23-19-30-10-8-21(17-26(30)27-23)29-11-13-31(34-5)14-12-29/h8,10,16-19H,6-7,9,11-15H2,1-5H3. The number of piperazine rings is 1. The fourth-order valence-electron chi connectivity index (χ4n) is 4.38. The van der Waals surface area contributed by atoms with E-state index in [1.807, 2.05) is 18.0 Å². The lowest BCUT2D eigenvalue weighted by atomic mass is 10.0. The van der Waals surface area contributed by atoms with Crippen LogP contribution < -0.4 is 14.4 Å². The van der Waals surface area contributed by atoms with Gasteiger partial charge in [-0.25, -0.2) is 9.29 Å². The van der Waals surface area contributed by atoms with E-state index in [2.05, 4.69) is 76.4 Å². The summed E-state index contributed by atoms with van der Waals surface area (Å²) < 4.78 is 16.4. The van der Waals surface area contributed by atoms with Gasteiger partial charge in [-0.15, -0.1) is 0 Å². The Balaban J connectivity index is 1.62. The van der Waals surface area contributed by atoms with E-state index < -0.39 is 0 Å². The molecule has 0 saturated carbocycles. The van der Waals surface area contributed by atoms with Crippen molar-refractivity contribution in [3.05, 3.63) is 42.2 Å². The molecule has 0 N–H and O–H groups in total. The van der Waals surface area contributed by atoms with E-state index >= 15 is 0 Å². The van der Waals surface area contributed by atoms with E-state index in [1.165, 1.54) is 5.69 Å². The second kappa shape index (κ2) is 11.3. The van der Waals surface area contributed by atoms with Crippen LogP contribution in [0.3, 0.4) is 0 Å². The number of ether oxygens (including phenoxy) is 2. The highest BCUT2D eigenvalue weighted by atomic mass is 32.2. The molecule has 1 aliphatic heterocycles. The molecule has 1 aliphatic rings. The Morgan fingerprint density at radius 1 is 1.09 bits per heavy atom. The lowest BCUT2D eigenvalue weighted by molar-refractivity contribution is 0.281. The Kier molecular flexibility index (Phi) is 8.24. The molecule has 0 atom stereocenters. The molecule has 184 valence electrons. The van der Waals surface area contributed by atoms with Crippen molar-refractivity contribution in [3.8, 4) is 22.8 Å². The normalized spacial score (nSPS) is 14.8. The first-order valence-corrected chi connectivity index (χ1v) is 13.2. The minimum absolute atomic E-state index is 0.652. The second-order valence-corrected chi connectivity index (χ2v) is 9.78. The third kappa shape index (κ3) is 5.62. The highest BCUT2D eigenvalue weighted by Gasteiger charge is 2.19. The zero-order valence-electron chi connectivity index (χ0n) is 21.1. The molecule has 7 nitrogen and oxygen atoms in total. The van der Waals surface area contributed by atoms with Crippen molar-refractivity contribution < 1.29 is 9.47 Å². The first-order valence-electron chi connectivity index (χ1n) is 12.0. The molecule has 0 unspecified atom stereocenters. The van der Waals surface area contributed by atoms with Crippen LogP contribution >= 0.6 is 11.9 Å². The molecule has 34 heavy (non-hydrogen) atoms. The quantitative estimate of drug-likeness (QED) is 0.315. The number of imidazole rings is 1. The SMILES string of the molecule is CCc1cc(-c2cn3ccc(N4CCN(SC)CC4)cc3n2)c(OCCCN(C)C)cc1OC. The molecule has 0 bridgehead atoms. The number of hydrogen-bond donors (Lipinski definition) is 0. The maximum atomic E-state index is 6.25. The molecule has 2 aromatic heterocycles. The van der Waals surface area contributed by atoms with E-state index in [4.69, 9.17) is 14.5 Å². The van der Waals surface area contributed by atoms with Crippen LogP contribution in [-0.4, -0.2) is 85.4 Å². The summed E-state index contributed by atoms with van der Waals surface area (Å²) in [7, 11) is 5.88. The number of aryl methyl sites for hydroxylation is 1. The van der Waals surface area contributed by atoms with Gasteiger partial charge in [0.15, 0.2) is 0 Å². The molecule has 8 heteroatoms. The summed E-state index contributed by atoms with van der Waals surface area (Å²) in [5.74, 6) is 1.69. The molecule has 4 rings (SSSR count). The van der Waals surface area contributed by atoms with Gasteiger partial charge in [-0.2, -0.15) is 0 Å². The van der Waals surface area contributed by atoms with Crippen LogP contribution in [-0.2, 0) is 6.42 Å². The molecule has 3 aromatic rings. The van der Waals surface area contributed by atoms with Gasteiger partial charge in [0.1, 0.15) is 17.1 Å². The van der Waals surface area contributed by atoms with Crippen molar-refractivity contribution in [3.63, 3.8) is 0 Å². The highest BCUT2D eigenvalue weighted by molar-refractivity contribution is 7.96. The Bertz CT molecular complexity index is 1090. The number of benzene rings is 1. The largest absolute Gasteiger partial charge is 0.496 e. The number of nitrogens with zero attached hydrogens (tertiary/aromatic N) is 5. The van der Waals surface area contributed by atoms with Crippen molar-refractivity contribution in [2.24, 2.45) is 0 Å². The number of hydrogen-bond acceptors (Lipinski definition) is 7. The van der Waals surface area contributed by atoms with Crippen LogP contribution in [0.2, 0.25) is 0 Å². The van der Waals surface area contributed by atoms with Crippen LogP contribution in [0.4, 0.5) is 5.69 Å². The van der Waals surface area contributed by atoms with E-state index in [0.29, 0.717) is 6.61 Å². The monoisotopic (exact) mass is 483 g/mol. The van der Waals surface area contributed by atoms with Crippen molar-refractivity contribution in [2.75, 3.05) is 71.7 Å². The number of rotatable bonds is 10. The summed E-state index contributed by atoms with van der Waals surface area (Å²) in [4.78, 5) is 9.63. The van der Waals surface area contributed by atoms with Crippen molar-refractivity contribution >= 4 is 23.3 Å². The van der Waals surface area contributed by atoms with Crippen LogP contribution in [0.1, 0.15) is 18.9 Å². The molecule has 1 saturated heterocycles. The molecule has 0 amide bonds. The molecular formula is C26H37N5O2S. The summed E-state index contributed by atoms with van der Waals surface area (Å²) in [6, 6.07) is 8.58. The van der Waals surface area contributed by atoms with Crippen LogP contribution in [0.15, 0.2) is 36.7 Å². The summed E-state index contributed by atoms with van der Waals surface area (Å²) >= 11 is 1.83. The molecule has 3 heterocycles. The Morgan fingerprint density at radius 3 is 2.56 bits per heavy atom. The number of anilines is 1. The second-order valence-electron chi connectivity index (χ2n) is 8.89. The average Bonchev–Trinajstić information content (AvgIpc) is 3.29. The summed E-state index contributed by atoms with van der Waals surface area (Å²) in [6.07, 6.45) is 8.21. The number of pyridine rings is 1. The van der Waals surface area contributed by atoms with Gasteiger partial charge in [0.25, 0.3) is 0 Å². The van der Waals surface area contributed by atoms with Gasteiger partial charge in [-0.05, 0) is 50.9 Å². The molecular weight excluding hydrogens is 446 g/mol. The predicted molar refractivity (Wildman–Crippen MR) is 143 cm³/mol. The fourth-order valence-corrected chi connectivity index (χ4v) is 4.91. The van der Waals surface area contributed by atoms with E-state index in [-0.39, 0.29) is 0 Å². The smallest absolute Gasteiger partial charge is 0.139 e. The van der Waals surface area contributed by atoms with Crippen molar-refractivity contribution in [1.29, 1.82) is 0 Å². The number of fused-ring (bicyclic) bond motifs is 1. The van der Waals surface area contributed by atoms with Gasteiger partial charge < -0.3 is 23.7 Å². The molecule has 1 fully saturated rings. The molecule has 1 aromatic carbocycles. The molecule has 0 radical (unpaired) electrons. The lowest BCUT2D eigenvalue weighted by Crippen LogP contribution is -2.43. The van der Waals surface area contributed by atoms with Gasteiger partial charge in [-0.3, -0.25) is 0 Å². The number of methoxy groups -OCH3 is 1. The van der Waals surface area contributed by atoms with Gasteiger partial charge in [0.2, 0.25) is 0 Å². The third-order valence-corrected chi connectivity index (χ3v) is 7.23. The zero-order valence-corrected chi connectivity index (χ0v) is 21.9. The molecule has 0 aliphatic carbocycles. The Hall–Kier alpha value is -2.42. The van der Waals surface area contributed by atoms with Crippen molar-refractivity contribution in [2.45, 2.75) is 19.8 Å². The van der Waals surface area contributed by atoms with E-state index in [1.54, 1.807) is 7.11 Å². The predicted octanol–water partition coefficient (Wildman–Crippen LogP) is 4.30. The summed E-state index contributed by atoms with van der Waals surface area (Å²) in [6.45, 7) is 8.01. The summed E-state index contributed by atoms with van der Waals surface area (Å²) in [5.41, 5.74) is 5.27. The van der Waals surface area contributed by atoms with Crippen LogP contribution in [0.25, 0.3) is 16.9 Å². The van der Waals surface area contributed by atoms with Crippen LogP contribution in [0, 0.1) is 0 Å². The van der Waals surface area contributed by atoms with Gasteiger partial charge in [0.05, 0.1) is 19.4 Å². The Labute approximate surface area is 207 Å². The third-order valence-electron chi connectivity index (χ3n) is 6.35. The van der Waals surface area contributed by atoms with E-state index in [0.717, 1.165) is 79.5 Å².